The maximum Gasteiger partial charge on any atom is 0.243 e. The van der Waals surface area contributed by atoms with Crippen LogP contribution >= 0.6 is 0 Å². The van der Waals surface area contributed by atoms with E-state index in [1.165, 1.54) is 0 Å². The van der Waals surface area contributed by atoms with Crippen molar-refractivity contribution < 1.29 is 0 Å². The summed E-state index contributed by atoms with van der Waals surface area (Å²) >= 11 is 0. The number of aromatic nitrogens is 3. The largest absolute Gasteiger partial charge is 0.366 e. The lowest BCUT2D eigenvalue weighted by Gasteiger charge is -1.94. The Balaban J connectivity index is 2.57. The van der Waals surface area contributed by atoms with Crippen LogP contribution in [0, 0.1) is 16.7 Å². The molecule has 0 unspecified atom stereocenters. The van der Waals surface area contributed by atoms with Gasteiger partial charge in [-0.1, -0.05) is 0 Å². The van der Waals surface area contributed by atoms with Crippen LogP contribution in [0.3, 0.4) is 0 Å². The molecule has 1 aliphatic heterocycles. The summed E-state index contributed by atoms with van der Waals surface area (Å²) in [5.41, 5.74) is 1.84. The fourth-order valence-corrected chi connectivity index (χ4v) is 1.82. The molecule has 0 fully saturated rings. The first-order valence-corrected chi connectivity index (χ1v) is 5.01. The van der Waals surface area contributed by atoms with Crippen molar-refractivity contribution in [2.24, 2.45) is 0 Å². The van der Waals surface area contributed by atoms with Crippen LogP contribution in [0.25, 0.3) is 22.2 Å². The Kier molecular flexibility index (Phi) is 1.89. The maximum atomic E-state index is 8.97. The van der Waals surface area contributed by atoms with E-state index in [4.69, 9.17) is 10.7 Å². The van der Waals surface area contributed by atoms with Gasteiger partial charge in [0.1, 0.15) is 5.69 Å². The van der Waals surface area contributed by atoms with Gasteiger partial charge in [-0.2, -0.15) is 5.26 Å². The molecule has 1 aromatic rings. The molecule has 1 aromatic heterocycles. The number of fused-ring (bicyclic) bond motifs is 3. The molecule has 0 saturated heterocycles. The molecule has 80 valence electrons. The van der Waals surface area contributed by atoms with E-state index < -0.39 is 0 Å². The molecule has 0 atom stereocenters. The number of hydrogen-bond acceptors (Lipinski definition) is 4. The molecule has 17 heavy (non-hydrogen) atoms. The minimum atomic E-state index is -0.00722. The molecule has 2 N–H and O–H groups in total. The van der Waals surface area contributed by atoms with Gasteiger partial charge in [0.25, 0.3) is 0 Å². The molecule has 0 aromatic carbocycles. The second kappa shape index (κ2) is 3.39. The number of nitrogens with zero attached hydrogens (tertiary/aromatic N) is 3. The minimum Gasteiger partial charge on any atom is -0.366 e. The molecule has 2 heterocycles. The fraction of sp³-hybridized carbons (Fsp3) is 0. The van der Waals surface area contributed by atoms with Gasteiger partial charge >= 0.3 is 0 Å². The van der Waals surface area contributed by atoms with E-state index in [2.05, 4.69) is 21.0 Å². The van der Waals surface area contributed by atoms with Gasteiger partial charge in [-0.3, -0.25) is 5.41 Å². The van der Waals surface area contributed by atoms with Gasteiger partial charge < -0.3 is 4.98 Å². The smallest absolute Gasteiger partial charge is 0.243 e. The van der Waals surface area contributed by atoms with Crippen molar-refractivity contribution in [1.29, 1.82) is 10.7 Å². The van der Waals surface area contributed by atoms with Crippen molar-refractivity contribution in [2.45, 2.75) is 0 Å². The molecule has 3 rings (SSSR count). The molecule has 0 spiro atoms. The van der Waals surface area contributed by atoms with Gasteiger partial charge in [0.15, 0.2) is 0 Å². The molecular formula is C12H7N5. The number of rotatable bonds is 0. The topological polar surface area (TPSA) is 89.2 Å². The van der Waals surface area contributed by atoms with Gasteiger partial charge in [-0.25, -0.2) is 9.97 Å². The monoisotopic (exact) mass is 221 g/mol. The molecule has 0 saturated carbocycles. The predicted octanol–water partition coefficient (Wildman–Crippen LogP) is 1.41. The van der Waals surface area contributed by atoms with E-state index in [-0.39, 0.29) is 5.62 Å². The summed E-state index contributed by atoms with van der Waals surface area (Å²) in [6, 6.07) is 7.28. The summed E-state index contributed by atoms with van der Waals surface area (Å²) in [7, 11) is 0. The lowest BCUT2D eigenvalue weighted by molar-refractivity contribution is 1.05. The molecule has 0 amide bonds. The van der Waals surface area contributed by atoms with Crippen molar-refractivity contribution in [3.05, 3.63) is 41.8 Å². The number of imidazole rings is 1. The molecule has 5 nitrogen and oxygen atoms in total. The Hall–Kier alpha value is -2.74. The van der Waals surface area contributed by atoms with Crippen LogP contribution in [0.2, 0.25) is 0 Å². The third-order valence-corrected chi connectivity index (χ3v) is 2.58. The summed E-state index contributed by atoms with van der Waals surface area (Å²) in [5, 5.41) is 18.2. The van der Waals surface area contributed by atoms with Crippen LogP contribution in [-0.2, 0) is 0 Å². The molecule has 5 heteroatoms. The van der Waals surface area contributed by atoms with Crippen LogP contribution in [-0.4, -0.2) is 15.0 Å². The highest BCUT2D eigenvalue weighted by molar-refractivity contribution is 5.93. The Labute approximate surface area is 96.3 Å². The SMILES string of the molecule is N#Cc1ccc2nc(=N)nc-2c2c[nH]cc2c1. The molecule has 0 radical (unpaired) electrons. The first-order chi connectivity index (χ1) is 8.28. The van der Waals surface area contributed by atoms with Gasteiger partial charge in [0, 0.05) is 23.2 Å². The molecule has 2 aliphatic rings. The van der Waals surface area contributed by atoms with Crippen molar-refractivity contribution in [3.63, 3.8) is 0 Å². The Morgan fingerprint density at radius 2 is 2.12 bits per heavy atom. The first-order valence-electron chi connectivity index (χ1n) is 5.01. The zero-order valence-electron chi connectivity index (χ0n) is 8.73. The van der Waals surface area contributed by atoms with Gasteiger partial charge in [0.05, 0.1) is 17.3 Å². The van der Waals surface area contributed by atoms with E-state index >= 15 is 0 Å². The quantitative estimate of drug-likeness (QED) is 0.601. The summed E-state index contributed by atoms with van der Waals surface area (Å²) < 4.78 is 0. The number of H-pyrrole nitrogens is 1. The van der Waals surface area contributed by atoms with Crippen molar-refractivity contribution in [2.75, 3.05) is 0 Å². The zero-order chi connectivity index (χ0) is 11.8. The van der Waals surface area contributed by atoms with Crippen molar-refractivity contribution in [1.82, 2.24) is 15.0 Å². The normalized spacial score (nSPS) is 10.5. The molecule has 1 aliphatic carbocycles. The maximum absolute atomic E-state index is 8.97. The standard InChI is InChI=1S/C12H7N5/c13-4-7-1-2-10-11(17-12(14)16-10)9-6-15-5-8(9)3-7/h1-3,5-6,14-15H. The van der Waals surface area contributed by atoms with Crippen molar-refractivity contribution >= 4 is 10.8 Å². The van der Waals surface area contributed by atoms with E-state index in [1.54, 1.807) is 30.6 Å². The van der Waals surface area contributed by atoms with Crippen molar-refractivity contribution in [3.8, 4) is 17.5 Å². The number of nitrogens with one attached hydrogen (secondary N) is 2. The molecule has 0 bridgehead atoms. The summed E-state index contributed by atoms with van der Waals surface area (Å²) in [5.74, 6) is 0. The van der Waals surface area contributed by atoms with Gasteiger partial charge in [-0.15, -0.1) is 0 Å². The molecular weight excluding hydrogens is 214 g/mol. The number of nitriles is 1. The number of hydrogen-bond donors (Lipinski definition) is 2. The Morgan fingerprint density at radius 1 is 1.24 bits per heavy atom. The average Bonchev–Trinajstić information content (AvgIpc) is 2.88. The third kappa shape index (κ3) is 1.43. The minimum absolute atomic E-state index is 0.00722. The highest BCUT2D eigenvalue weighted by Crippen LogP contribution is 2.24. The van der Waals surface area contributed by atoms with Gasteiger partial charge in [-0.05, 0) is 18.2 Å². The lowest BCUT2D eigenvalue weighted by atomic mass is 10.1. The van der Waals surface area contributed by atoms with E-state index in [1.807, 2.05) is 0 Å². The second-order valence-electron chi connectivity index (χ2n) is 3.65. The third-order valence-electron chi connectivity index (χ3n) is 2.58. The summed E-state index contributed by atoms with van der Waals surface area (Å²) in [6.07, 6.45) is 3.60. The van der Waals surface area contributed by atoms with E-state index in [0.717, 1.165) is 10.8 Å². The average molecular weight is 221 g/mol. The fourth-order valence-electron chi connectivity index (χ4n) is 1.82. The van der Waals surface area contributed by atoms with Crippen LogP contribution < -0.4 is 5.62 Å². The summed E-state index contributed by atoms with van der Waals surface area (Å²) in [6.45, 7) is 0. The number of aromatic amines is 1. The van der Waals surface area contributed by atoms with E-state index in [9.17, 15) is 0 Å². The summed E-state index contributed by atoms with van der Waals surface area (Å²) in [4.78, 5) is 11.1. The highest BCUT2D eigenvalue weighted by Gasteiger charge is 2.10. The first kappa shape index (κ1) is 9.48. The van der Waals surface area contributed by atoms with Crippen LogP contribution in [0.1, 0.15) is 5.56 Å². The van der Waals surface area contributed by atoms with Crippen LogP contribution in [0.4, 0.5) is 0 Å². The van der Waals surface area contributed by atoms with Crippen LogP contribution in [0.5, 0.6) is 0 Å². The van der Waals surface area contributed by atoms with E-state index in [0.29, 0.717) is 17.0 Å². The highest BCUT2D eigenvalue weighted by atomic mass is 15.0. The second-order valence-corrected chi connectivity index (χ2v) is 3.65. The zero-order valence-corrected chi connectivity index (χ0v) is 8.73. The van der Waals surface area contributed by atoms with Gasteiger partial charge in [0.2, 0.25) is 5.62 Å². The van der Waals surface area contributed by atoms with Crippen LogP contribution in [0.15, 0.2) is 30.6 Å². The Bertz CT molecular complexity index is 781. The lowest BCUT2D eigenvalue weighted by Crippen LogP contribution is -1.99. The predicted molar refractivity (Wildman–Crippen MR) is 61.1 cm³/mol. The Morgan fingerprint density at radius 3 is 2.94 bits per heavy atom.